The second-order valence-corrected chi connectivity index (χ2v) is 4.48. The fraction of sp³-hybridized carbons (Fsp3) is 0.833. The first kappa shape index (κ1) is 14.9. The molecular formula is C12H20O6. The minimum atomic E-state index is -1.28. The molecule has 0 saturated carbocycles. The van der Waals surface area contributed by atoms with Gasteiger partial charge in [0.1, 0.15) is 6.10 Å². The van der Waals surface area contributed by atoms with Crippen molar-refractivity contribution in [2.45, 2.75) is 58.7 Å². The molecule has 6 heteroatoms. The van der Waals surface area contributed by atoms with Crippen molar-refractivity contribution in [3.63, 3.8) is 0 Å². The van der Waals surface area contributed by atoms with Gasteiger partial charge in [-0.25, -0.2) is 0 Å². The standard InChI is InChI=1S/C12H20O6/c1-5-9-6(2)10(16-7(3)13)11(12(15)18-9)17-8(4)14/h6,9-12,15H,5H2,1-4H3/t6-,9-,10+,11+,12+/m1/s1. The zero-order valence-corrected chi connectivity index (χ0v) is 11.1. The van der Waals surface area contributed by atoms with E-state index in [1.54, 1.807) is 0 Å². The lowest BCUT2D eigenvalue weighted by atomic mass is 9.89. The van der Waals surface area contributed by atoms with Gasteiger partial charge < -0.3 is 19.3 Å². The van der Waals surface area contributed by atoms with Crippen molar-refractivity contribution in [2.75, 3.05) is 0 Å². The predicted molar refractivity (Wildman–Crippen MR) is 61.4 cm³/mol. The fourth-order valence-corrected chi connectivity index (χ4v) is 2.20. The predicted octanol–water partition coefficient (Wildman–Crippen LogP) is 0.613. The van der Waals surface area contributed by atoms with E-state index in [9.17, 15) is 14.7 Å². The summed E-state index contributed by atoms with van der Waals surface area (Å²) in [4.78, 5) is 22.1. The smallest absolute Gasteiger partial charge is 0.303 e. The molecule has 0 amide bonds. The molecular weight excluding hydrogens is 240 g/mol. The van der Waals surface area contributed by atoms with Crippen LogP contribution in [-0.2, 0) is 23.8 Å². The SMILES string of the molecule is CC[C@H]1O[C@H](O)[C@@H](OC(C)=O)[C@@H](OC(C)=O)[C@@H]1C. The van der Waals surface area contributed by atoms with Gasteiger partial charge in [0.2, 0.25) is 0 Å². The largest absolute Gasteiger partial charge is 0.458 e. The Morgan fingerprint density at radius 2 is 1.67 bits per heavy atom. The van der Waals surface area contributed by atoms with E-state index in [-0.39, 0.29) is 12.0 Å². The number of ether oxygens (including phenoxy) is 3. The van der Waals surface area contributed by atoms with Crippen LogP contribution < -0.4 is 0 Å². The molecule has 1 aliphatic heterocycles. The quantitative estimate of drug-likeness (QED) is 0.749. The molecule has 1 N–H and O–H groups in total. The second kappa shape index (κ2) is 6.15. The Balaban J connectivity index is 2.89. The van der Waals surface area contributed by atoms with Gasteiger partial charge in [0.15, 0.2) is 12.4 Å². The summed E-state index contributed by atoms with van der Waals surface area (Å²) in [7, 11) is 0. The minimum absolute atomic E-state index is 0.161. The van der Waals surface area contributed by atoms with Crippen molar-refractivity contribution in [2.24, 2.45) is 5.92 Å². The molecule has 18 heavy (non-hydrogen) atoms. The Kier molecular flexibility index (Phi) is 5.10. The zero-order valence-electron chi connectivity index (χ0n) is 11.1. The van der Waals surface area contributed by atoms with Crippen LogP contribution in [0.2, 0.25) is 0 Å². The molecule has 0 aliphatic carbocycles. The van der Waals surface area contributed by atoms with E-state index < -0.39 is 30.4 Å². The molecule has 6 nitrogen and oxygen atoms in total. The van der Waals surface area contributed by atoms with Gasteiger partial charge in [-0.2, -0.15) is 0 Å². The van der Waals surface area contributed by atoms with E-state index in [1.807, 2.05) is 13.8 Å². The van der Waals surface area contributed by atoms with Gasteiger partial charge in [-0.1, -0.05) is 13.8 Å². The number of hydrogen-bond acceptors (Lipinski definition) is 6. The molecule has 0 spiro atoms. The monoisotopic (exact) mass is 260 g/mol. The van der Waals surface area contributed by atoms with E-state index in [1.165, 1.54) is 13.8 Å². The van der Waals surface area contributed by atoms with Gasteiger partial charge >= 0.3 is 11.9 Å². The molecule has 104 valence electrons. The average Bonchev–Trinajstić information content (AvgIpc) is 2.27. The Morgan fingerprint density at radius 1 is 1.17 bits per heavy atom. The van der Waals surface area contributed by atoms with Crippen LogP contribution in [0.15, 0.2) is 0 Å². The van der Waals surface area contributed by atoms with Gasteiger partial charge in [-0.05, 0) is 6.42 Å². The molecule has 1 aliphatic rings. The number of rotatable bonds is 3. The summed E-state index contributed by atoms with van der Waals surface area (Å²) >= 11 is 0. The van der Waals surface area contributed by atoms with Crippen molar-refractivity contribution >= 4 is 11.9 Å². The first-order valence-corrected chi connectivity index (χ1v) is 6.04. The van der Waals surface area contributed by atoms with Gasteiger partial charge in [-0.15, -0.1) is 0 Å². The molecule has 1 heterocycles. The first-order valence-electron chi connectivity index (χ1n) is 6.04. The molecule has 0 aromatic heterocycles. The van der Waals surface area contributed by atoms with Crippen LogP contribution in [0.3, 0.4) is 0 Å². The normalized spacial score (nSPS) is 35.9. The molecule has 0 aromatic rings. The molecule has 0 unspecified atom stereocenters. The summed E-state index contributed by atoms with van der Waals surface area (Å²) < 4.78 is 15.5. The Bertz CT molecular complexity index is 316. The van der Waals surface area contributed by atoms with Crippen molar-refractivity contribution in [3.05, 3.63) is 0 Å². The lowest BCUT2D eigenvalue weighted by Crippen LogP contribution is -2.56. The van der Waals surface area contributed by atoms with Crippen LogP contribution in [0, 0.1) is 5.92 Å². The average molecular weight is 260 g/mol. The van der Waals surface area contributed by atoms with Crippen LogP contribution in [0.25, 0.3) is 0 Å². The van der Waals surface area contributed by atoms with Crippen LogP contribution in [0.5, 0.6) is 0 Å². The Labute approximate surface area is 106 Å². The van der Waals surface area contributed by atoms with Crippen molar-refractivity contribution in [1.82, 2.24) is 0 Å². The van der Waals surface area contributed by atoms with Crippen LogP contribution in [0.4, 0.5) is 0 Å². The Hall–Kier alpha value is -1.14. The number of esters is 2. The van der Waals surface area contributed by atoms with E-state index >= 15 is 0 Å². The van der Waals surface area contributed by atoms with E-state index in [0.717, 1.165) is 0 Å². The molecule has 1 rings (SSSR count). The van der Waals surface area contributed by atoms with Gasteiger partial charge in [-0.3, -0.25) is 9.59 Å². The summed E-state index contributed by atoms with van der Waals surface area (Å²) in [5, 5.41) is 9.83. The summed E-state index contributed by atoms with van der Waals surface area (Å²) in [6, 6.07) is 0. The number of aliphatic hydroxyl groups excluding tert-OH is 1. The van der Waals surface area contributed by atoms with E-state index in [4.69, 9.17) is 14.2 Å². The van der Waals surface area contributed by atoms with E-state index in [0.29, 0.717) is 6.42 Å². The topological polar surface area (TPSA) is 82.1 Å². The summed E-state index contributed by atoms with van der Waals surface area (Å²) in [6.45, 7) is 6.25. The van der Waals surface area contributed by atoms with Crippen molar-refractivity contribution < 1.29 is 28.9 Å². The highest BCUT2D eigenvalue weighted by molar-refractivity contribution is 5.67. The summed E-state index contributed by atoms with van der Waals surface area (Å²) in [5.41, 5.74) is 0. The van der Waals surface area contributed by atoms with Crippen LogP contribution in [0.1, 0.15) is 34.1 Å². The number of hydrogen-bond donors (Lipinski definition) is 1. The van der Waals surface area contributed by atoms with Crippen molar-refractivity contribution in [3.8, 4) is 0 Å². The number of carbonyl (C=O) groups is 2. The summed E-state index contributed by atoms with van der Waals surface area (Å²) in [5.74, 6) is -1.19. The fourth-order valence-electron chi connectivity index (χ4n) is 2.20. The molecule has 1 fully saturated rings. The maximum absolute atomic E-state index is 11.1. The number of aliphatic hydroxyl groups is 1. The highest BCUT2D eigenvalue weighted by Gasteiger charge is 2.46. The van der Waals surface area contributed by atoms with Gasteiger partial charge in [0.25, 0.3) is 0 Å². The van der Waals surface area contributed by atoms with Crippen molar-refractivity contribution in [1.29, 1.82) is 0 Å². The van der Waals surface area contributed by atoms with Gasteiger partial charge in [0.05, 0.1) is 6.10 Å². The Morgan fingerprint density at radius 3 is 2.11 bits per heavy atom. The summed E-state index contributed by atoms with van der Waals surface area (Å²) in [6.07, 6.45) is -2.53. The van der Waals surface area contributed by atoms with Crippen LogP contribution >= 0.6 is 0 Å². The maximum Gasteiger partial charge on any atom is 0.303 e. The molecule has 0 radical (unpaired) electrons. The highest BCUT2D eigenvalue weighted by Crippen LogP contribution is 2.30. The molecule has 0 bridgehead atoms. The molecule has 0 aromatic carbocycles. The first-order chi connectivity index (χ1) is 8.36. The third-order valence-electron chi connectivity index (χ3n) is 3.03. The maximum atomic E-state index is 11.1. The molecule has 1 saturated heterocycles. The highest BCUT2D eigenvalue weighted by atomic mass is 16.7. The lowest BCUT2D eigenvalue weighted by Gasteiger charge is -2.42. The second-order valence-electron chi connectivity index (χ2n) is 4.48. The minimum Gasteiger partial charge on any atom is -0.458 e. The van der Waals surface area contributed by atoms with E-state index in [2.05, 4.69) is 0 Å². The zero-order chi connectivity index (χ0) is 13.9. The molecule has 5 atom stereocenters. The lowest BCUT2D eigenvalue weighted by molar-refractivity contribution is -0.275. The third kappa shape index (κ3) is 3.43. The van der Waals surface area contributed by atoms with Gasteiger partial charge in [0, 0.05) is 19.8 Å². The third-order valence-corrected chi connectivity index (χ3v) is 3.03. The van der Waals surface area contributed by atoms with Crippen LogP contribution in [-0.4, -0.2) is 41.6 Å². The number of carbonyl (C=O) groups excluding carboxylic acids is 2.